The number of rotatable bonds is 5. The van der Waals surface area contributed by atoms with Crippen LogP contribution in [0.2, 0.25) is 0 Å². The van der Waals surface area contributed by atoms with Crippen molar-refractivity contribution in [1.82, 2.24) is 5.32 Å². The molecule has 0 radical (unpaired) electrons. The van der Waals surface area contributed by atoms with Gasteiger partial charge in [0, 0.05) is 4.47 Å². The number of benzene rings is 2. The predicted octanol–water partition coefficient (Wildman–Crippen LogP) is 1.98. The summed E-state index contributed by atoms with van der Waals surface area (Å²) in [6.07, 6.45) is 1.34. The Bertz CT molecular complexity index is 1000. The van der Waals surface area contributed by atoms with Crippen molar-refractivity contribution >= 4 is 51.4 Å². The van der Waals surface area contributed by atoms with E-state index < -0.39 is 23.8 Å². The third kappa shape index (κ3) is 4.26. The van der Waals surface area contributed by atoms with Gasteiger partial charge in [-0.05, 0) is 48.0 Å². The number of amides is 5. The highest BCUT2D eigenvalue weighted by Gasteiger charge is 2.36. The van der Waals surface area contributed by atoms with Gasteiger partial charge in [-0.2, -0.15) is 0 Å². The monoisotopic (exact) mass is 443 g/mol. The van der Waals surface area contributed by atoms with Crippen molar-refractivity contribution in [3.8, 4) is 5.75 Å². The number of anilines is 1. The molecule has 0 unspecified atom stereocenters. The number of nitrogens with two attached hydrogens (primary N) is 1. The summed E-state index contributed by atoms with van der Waals surface area (Å²) < 4.78 is 5.99. The minimum absolute atomic E-state index is 0.213. The number of hydrogen-bond acceptors (Lipinski definition) is 5. The molecule has 5 amide bonds. The molecule has 2 aromatic rings. The van der Waals surface area contributed by atoms with Crippen LogP contribution in [0, 0.1) is 0 Å². The number of carbonyl (C=O) groups excluding carboxylic acids is 4. The van der Waals surface area contributed by atoms with Crippen molar-refractivity contribution in [1.29, 1.82) is 0 Å². The average molecular weight is 444 g/mol. The van der Waals surface area contributed by atoms with Gasteiger partial charge in [0.05, 0.1) is 5.69 Å². The van der Waals surface area contributed by atoms with Crippen LogP contribution in [0.5, 0.6) is 5.75 Å². The van der Waals surface area contributed by atoms with Crippen LogP contribution in [0.15, 0.2) is 58.6 Å². The second-order valence-corrected chi connectivity index (χ2v) is 6.68. The van der Waals surface area contributed by atoms with Crippen LogP contribution in [0.25, 0.3) is 6.08 Å². The van der Waals surface area contributed by atoms with Crippen molar-refractivity contribution in [3.05, 3.63) is 64.1 Å². The summed E-state index contributed by atoms with van der Waals surface area (Å²) in [6, 6.07) is 12.1. The number of nitrogens with zero attached hydrogens (tertiary/aromatic N) is 1. The SMILES string of the molecule is NC(=O)COc1cccc(/C=C2/C(=O)NC(=O)N(c3ccc(Br)cc3)C2=O)c1. The van der Waals surface area contributed by atoms with Crippen molar-refractivity contribution < 1.29 is 23.9 Å². The van der Waals surface area contributed by atoms with Gasteiger partial charge >= 0.3 is 6.03 Å². The third-order valence-corrected chi connectivity index (χ3v) is 4.27. The van der Waals surface area contributed by atoms with Crippen molar-refractivity contribution in [2.45, 2.75) is 0 Å². The molecular weight excluding hydrogens is 430 g/mol. The lowest BCUT2D eigenvalue weighted by atomic mass is 10.1. The van der Waals surface area contributed by atoms with E-state index in [0.717, 1.165) is 9.37 Å². The number of nitrogens with one attached hydrogen (secondary N) is 1. The Morgan fingerprint density at radius 1 is 1.14 bits per heavy atom. The molecule has 1 aliphatic rings. The Kier molecular flexibility index (Phi) is 5.55. The smallest absolute Gasteiger partial charge is 0.335 e. The molecule has 1 saturated heterocycles. The topological polar surface area (TPSA) is 119 Å². The molecule has 0 aromatic heterocycles. The first-order chi connectivity index (χ1) is 13.3. The molecule has 0 atom stereocenters. The fourth-order valence-electron chi connectivity index (χ4n) is 2.50. The summed E-state index contributed by atoms with van der Waals surface area (Å²) in [7, 11) is 0. The summed E-state index contributed by atoms with van der Waals surface area (Å²) in [5, 5.41) is 2.15. The zero-order chi connectivity index (χ0) is 20.3. The normalized spacial score (nSPS) is 15.5. The fourth-order valence-corrected chi connectivity index (χ4v) is 2.76. The molecule has 0 aliphatic carbocycles. The van der Waals surface area contributed by atoms with Gasteiger partial charge in [0.15, 0.2) is 6.61 Å². The number of urea groups is 1. The first kappa shape index (κ1) is 19.3. The van der Waals surface area contributed by atoms with E-state index in [-0.39, 0.29) is 12.2 Å². The van der Waals surface area contributed by atoms with Crippen LogP contribution < -0.4 is 20.7 Å². The van der Waals surface area contributed by atoms with E-state index in [0.29, 0.717) is 17.0 Å². The summed E-state index contributed by atoms with van der Waals surface area (Å²) in [4.78, 5) is 48.9. The lowest BCUT2D eigenvalue weighted by Gasteiger charge is -2.26. The van der Waals surface area contributed by atoms with E-state index in [1.54, 1.807) is 42.5 Å². The van der Waals surface area contributed by atoms with Crippen molar-refractivity contribution in [3.63, 3.8) is 0 Å². The van der Waals surface area contributed by atoms with Gasteiger partial charge in [-0.1, -0.05) is 28.1 Å². The Balaban J connectivity index is 1.92. The molecule has 1 aliphatic heterocycles. The summed E-state index contributed by atoms with van der Waals surface area (Å²) >= 11 is 3.28. The van der Waals surface area contributed by atoms with Crippen LogP contribution in [0.4, 0.5) is 10.5 Å². The molecular formula is C19H14BrN3O5. The van der Waals surface area contributed by atoms with Gasteiger partial charge in [-0.15, -0.1) is 0 Å². The Morgan fingerprint density at radius 3 is 2.54 bits per heavy atom. The molecule has 0 saturated carbocycles. The number of carbonyl (C=O) groups is 4. The number of hydrogen-bond donors (Lipinski definition) is 2. The van der Waals surface area contributed by atoms with E-state index in [1.165, 1.54) is 12.1 Å². The van der Waals surface area contributed by atoms with Crippen LogP contribution >= 0.6 is 15.9 Å². The van der Waals surface area contributed by atoms with Gasteiger partial charge in [-0.3, -0.25) is 19.7 Å². The molecule has 28 heavy (non-hydrogen) atoms. The zero-order valence-electron chi connectivity index (χ0n) is 14.3. The van der Waals surface area contributed by atoms with Crippen molar-refractivity contribution in [2.75, 3.05) is 11.5 Å². The summed E-state index contributed by atoms with van der Waals surface area (Å²) in [5.74, 6) is -1.83. The largest absolute Gasteiger partial charge is 0.484 e. The molecule has 3 rings (SSSR count). The van der Waals surface area contributed by atoms with Crippen molar-refractivity contribution in [2.24, 2.45) is 5.73 Å². The number of imide groups is 2. The number of primary amides is 1. The standard InChI is InChI=1S/C19H14BrN3O5/c20-12-4-6-13(7-5-12)23-18(26)15(17(25)22-19(23)27)9-11-2-1-3-14(8-11)28-10-16(21)24/h1-9H,10H2,(H2,21,24)(H,22,25,27)/b15-9-. The van der Waals surface area contributed by atoms with Gasteiger partial charge in [0.2, 0.25) is 0 Å². The highest BCUT2D eigenvalue weighted by atomic mass is 79.9. The average Bonchev–Trinajstić information content (AvgIpc) is 2.65. The van der Waals surface area contributed by atoms with E-state index in [9.17, 15) is 19.2 Å². The first-order valence-electron chi connectivity index (χ1n) is 8.03. The first-order valence-corrected chi connectivity index (χ1v) is 8.82. The van der Waals surface area contributed by atoms with Gasteiger partial charge in [-0.25, -0.2) is 9.69 Å². The molecule has 0 bridgehead atoms. The van der Waals surface area contributed by atoms with E-state index >= 15 is 0 Å². The Labute approximate surface area is 168 Å². The molecule has 9 heteroatoms. The molecule has 1 heterocycles. The fraction of sp³-hybridized carbons (Fsp3) is 0.0526. The van der Waals surface area contributed by atoms with Gasteiger partial charge in [0.1, 0.15) is 11.3 Å². The Hall–Kier alpha value is -3.46. The molecule has 3 N–H and O–H groups in total. The minimum Gasteiger partial charge on any atom is -0.484 e. The maximum Gasteiger partial charge on any atom is 0.335 e. The molecule has 142 valence electrons. The maximum absolute atomic E-state index is 12.8. The summed E-state index contributed by atoms with van der Waals surface area (Å²) in [6.45, 7) is -0.300. The number of ether oxygens (including phenoxy) is 1. The van der Waals surface area contributed by atoms with E-state index in [4.69, 9.17) is 10.5 Å². The predicted molar refractivity (Wildman–Crippen MR) is 104 cm³/mol. The lowest BCUT2D eigenvalue weighted by molar-refractivity contribution is -0.123. The molecule has 1 fully saturated rings. The van der Waals surface area contributed by atoms with Crippen LogP contribution in [0.3, 0.4) is 0 Å². The van der Waals surface area contributed by atoms with Gasteiger partial charge in [0.25, 0.3) is 17.7 Å². The third-order valence-electron chi connectivity index (χ3n) is 3.74. The highest BCUT2D eigenvalue weighted by Crippen LogP contribution is 2.24. The van der Waals surface area contributed by atoms with Crippen LogP contribution in [-0.2, 0) is 14.4 Å². The Morgan fingerprint density at radius 2 is 1.86 bits per heavy atom. The van der Waals surface area contributed by atoms with Crippen LogP contribution in [-0.4, -0.2) is 30.4 Å². The minimum atomic E-state index is -0.826. The summed E-state index contributed by atoms with van der Waals surface area (Å²) in [5.41, 5.74) is 5.63. The molecule has 8 nitrogen and oxygen atoms in total. The number of halogens is 1. The maximum atomic E-state index is 12.8. The molecule has 0 spiro atoms. The zero-order valence-corrected chi connectivity index (χ0v) is 15.9. The number of barbiturate groups is 1. The highest BCUT2D eigenvalue weighted by molar-refractivity contribution is 9.10. The van der Waals surface area contributed by atoms with E-state index in [2.05, 4.69) is 21.2 Å². The lowest BCUT2D eigenvalue weighted by Crippen LogP contribution is -2.54. The second-order valence-electron chi connectivity index (χ2n) is 5.76. The van der Waals surface area contributed by atoms with Crippen LogP contribution in [0.1, 0.15) is 5.56 Å². The van der Waals surface area contributed by atoms with E-state index in [1.807, 2.05) is 0 Å². The molecule has 2 aromatic carbocycles. The quantitative estimate of drug-likeness (QED) is 0.540. The second kappa shape index (κ2) is 8.05. The van der Waals surface area contributed by atoms with Gasteiger partial charge < -0.3 is 10.5 Å².